The Balaban J connectivity index is 1.61. The van der Waals surface area contributed by atoms with E-state index in [0.29, 0.717) is 27.2 Å². The van der Waals surface area contributed by atoms with Gasteiger partial charge in [-0.15, -0.1) is 11.3 Å². The number of hydrogen-bond donors (Lipinski definition) is 1. The van der Waals surface area contributed by atoms with E-state index in [1.165, 1.54) is 11.3 Å². The van der Waals surface area contributed by atoms with Gasteiger partial charge in [0, 0.05) is 68.1 Å². The molecule has 1 N–H and O–H groups in total. The monoisotopic (exact) mass is 673 g/mol. The maximum Gasteiger partial charge on any atom is 0.200 e. The number of nitrogens with zero attached hydrogens (tertiary/aromatic N) is 4. The molecule has 2 aromatic heterocycles. The summed E-state index contributed by atoms with van der Waals surface area (Å²) in [6.07, 6.45) is 7.82. The molecular formula is C38H36N5O3PS. The first-order valence-electron chi connectivity index (χ1n) is 16.3. The van der Waals surface area contributed by atoms with Gasteiger partial charge in [0.25, 0.3) is 0 Å². The molecule has 0 spiro atoms. The predicted molar refractivity (Wildman–Crippen MR) is 194 cm³/mol. The molecule has 8 nitrogen and oxygen atoms in total. The third-order valence-electron chi connectivity index (χ3n) is 9.41. The van der Waals surface area contributed by atoms with Crippen LogP contribution in [-0.2, 0) is 4.57 Å². The fraction of sp³-hybridized carbons (Fsp3) is 0.211. The van der Waals surface area contributed by atoms with E-state index in [9.17, 15) is 9.90 Å². The molecule has 1 atom stereocenters. The number of fused-ring (bicyclic) bond motifs is 3. The first kappa shape index (κ1) is 31.7. The van der Waals surface area contributed by atoms with Gasteiger partial charge in [0.2, 0.25) is 5.71 Å². The molecule has 1 unspecified atom stereocenters. The topological polar surface area (TPSA) is 105 Å². The molecule has 0 fully saturated rings. The van der Waals surface area contributed by atoms with Crippen molar-refractivity contribution in [2.24, 2.45) is 0 Å². The lowest BCUT2D eigenvalue weighted by atomic mass is 9.88. The molecule has 7 rings (SSSR count). The van der Waals surface area contributed by atoms with Gasteiger partial charge in [-0.25, -0.2) is 4.58 Å². The summed E-state index contributed by atoms with van der Waals surface area (Å²) in [6.45, 7) is 11.6. The summed E-state index contributed by atoms with van der Waals surface area (Å²) in [5.41, 5.74) is 6.41. The molecule has 5 aromatic rings. The van der Waals surface area contributed by atoms with Gasteiger partial charge in [0.15, 0.2) is 7.14 Å². The van der Waals surface area contributed by atoms with Crippen molar-refractivity contribution in [1.29, 1.82) is 0 Å². The van der Waals surface area contributed by atoms with Gasteiger partial charge in [-0.3, -0.25) is 0 Å². The highest BCUT2D eigenvalue weighted by Crippen LogP contribution is 2.62. The number of aromatic amines is 1. The number of benzene rings is 3. The van der Waals surface area contributed by atoms with Crippen LogP contribution >= 0.6 is 18.5 Å². The number of thiophene rings is 1. The second kappa shape index (κ2) is 12.6. The third-order valence-corrected chi connectivity index (χ3v) is 13.7. The fourth-order valence-corrected chi connectivity index (χ4v) is 11.1. The summed E-state index contributed by atoms with van der Waals surface area (Å²) < 4.78 is 19.5. The SMILES string of the molecule is CCN(CC)c1ccc2c(c1)P(=O)(c1ccc(-c3cn[nH]n3)cc1)C1=CC(=[N+](CC)CC)C=CC1=C2c1c(C(=O)[O-])sc2ccccc12. The van der Waals surface area contributed by atoms with Gasteiger partial charge in [-0.1, -0.05) is 48.5 Å². The lowest BCUT2D eigenvalue weighted by Gasteiger charge is -2.35. The van der Waals surface area contributed by atoms with Crippen molar-refractivity contribution < 1.29 is 19.0 Å². The van der Waals surface area contributed by atoms with Crippen molar-refractivity contribution in [3.8, 4) is 11.3 Å². The van der Waals surface area contributed by atoms with Crippen molar-refractivity contribution in [2.45, 2.75) is 27.7 Å². The molecule has 0 radical (unpaired) electrons. The van der Waals surface area contributed by atoms with Crippen LogP contribution in [0.5, 0.6) is 0 Å². The zero-order valence-electron chi connectivity index (χ0n) is 27.4. The summed E-state index contributed by atoms with van der Waals surface area (Å²) in [7, 11) is -3.53. The summed E-state index contributed by atoms with van der Waals surface area (Å²) in [5, 5.41) is 26.6. The largest absolute Gasteiger partial charge is 0.544 e. The number of carboxylic acids is 1. The number of allylic oxidation sites excluding steroid dienone is 5. The Morgan fingerprint density at radius 1 is 0.979 bits per heavy atom. The Bertz CT molecular complexity index is 2230. The standard InChI is InChI=1S/C38H36N5O3PS/c1-5-42(6-2)25-15-19-28-32(21-25)47(46,27-17-13-24(14-18-27)31-23-39-41-40-31)33-22-26(43(7-3)8-4)16-20-29(33)35(28)36-30-11-9-10-12-34(30)48-37(36)38(44)45/h9-23H,5-8H2,1-4H3,(H-,39,40,41,44,45,46). The molecule has 2 aliphatic rings. The molecule has 0 saturated carbocycles. The van der Waals surface area contributed by atoms with Crippen LogP contribution in [-0.4, -0.2) is 57.8 Å². The number of carbonyl (C=O) groups is 1. The number of hydrogen-bond acceptors (Lipinski definition) is 7. The number of carboxylic acid groups (broad SMARTS) is 1. The quantitative estimate of drug-likeness (QED) is 0.153. The minimum Gasteiger partial charge on any atom is -0.544 e. The van der Waals surface area contributed by atoms with Gasteiger partial charge >= 0.3 is 0 Å². The second-order valence-corrected chi connectivity index (χ2v) is 15.5. The normalized spacial score (nSPS) is 16.9. The van der Waals surface area contributed by atoms with E-state index < -0.39 is 13.1 Å². The van der Waals surface area contributed by atoms with Gasteiger partial charge in [-0.2, -0.15) is 15.4 Å². The van der Waals surface area contributed by atoms with E-state index in [-0.39, 0.29) is 4.88 Å². The Morgan fingerprint density at radius 3 is 2.40 bits per heavy atom. The molecule has 48 heavy (non-hydrogen) atoms. The van der Waals surface area contributed by atoms with Gasteiger partial charge in [-0.05, 0) is 68.7 Å². The van der Waals surface area contributed by atoms with Gasteiger partial charge in [0.1, 0.15) is 18.8 Å². The minimum absolute atomic E-state index is 0.164. The van der Waals surface area contributed by atoms with Crippen LogP contribution in [0.15, 0.2) is 102 Å². The first-order chi connectivity index (χ1) is 23.3. The summed E-state index contributed by atoms with van der Waals surface area (Å²) in [4.78, 5) is 15.2. The summed E-state index contributed by atoms with van der Waals surface area (Å²) in [5.74, 6) is -1.22. The predicted octanol–water partition coefficient (Wildman–Crippen LogP) is 5.97. The van der Waals surface area contributed by atoms with Crippen LogP contribution in [0, 0.1) is 0 Å². The number of rotatable bonds is 9. The zero-order chi connectivity index (χ0) is 33.6. The molecule has 0 amide bonds. The number of carbonyl (C=O) groups excluding carboxylic acids is 1. The highest BCUT2D eigenvalue weighted by Gasteiger charge is 2.44. The Hall–Kier alpha value is -4.85. The molecule has 0 bridgehead atoms. The molecule has 1 aliphatic heterocycles. The van der Waals surface area contributed by atoms with Crippen LogP contribution in [0.4, 0.5) is 5.69 Å². The van der Waals surface area contributed by atoms with E-state index in [4.69, 9.17) is 0 Å². The molecule has 242 valence electrons. The van der Waals surface area contributed by atoms with E-state index in [1.54, 1.807) is 6.20 Å². The highest BCUT2D eigenvalue weighted by atomic mass is 32.1. The van der Waals surface area contributed by atoms with Gasteiger partial charge < -0.3 is 19.4 Å². The number of aromatic nitrogens is 3. The lowest BCUT2D eigenvalue weighted by molar-refractivity contribution is -0.519. The van der Waals surface area contributed by atoms with Crippen molar-refractivity contribution in [3.05, 3.63) is 118 Å². The molecule has 10 heteroatoms. The van der Waals surface area contributed by atoms with Crippen molar-refractivity contribution in [2.75, 3.05) is 31.1 Å². The molecule has 3 heterocycles. The Kier molecular flexibility index (Phi) is 8.36. The number of anilines is 1. The lowest BCUT2D eigenvalue weighted by Crippen LogP contribution is -2.30. The smallest absolute Gasteiger partial charge is 0.200 e. The van der Waals surface area contributed by atoms with Crippen molar-refractivity contribution >= 4 is 62.1 Å². The first-order valence-corrected chi connectivity index (χ1v) is 18.8. The van der Waals surface area contributed by atoms with E-state index >= 15 is 4.57 Å². The van der Waals surface area contributed by atoms with Crippen LogP contribution in [0.2, 0.25) is 0 Å². The maximum atomic E-state index is 16.4. The van der Waals surface area contributed by atoms with Crippen LogP contribution in [0.3, 0.4) is 0 Å². The highest BCUT2D eigenvalue weighted by molar-refractivity contribution is 7.83. The number of nitrogens with one attached hydrogen (secondary N) is 1. The van der Waals surface area contributed by atoms with Crippen LogP contribution in [0.1, 0.15) is 48.5 Å². The average Bonchev–Trinajstić information content (AvgIpc) is 3.79. The maximum absolute atomic E-state index is 16.4. The van der Waals surface area contributed by atoms with Crippen LogP contribution < -0.4 is 20.6 Å². The second-order valence-electron chi connectivity index (χ2n) is 11.7. The Morgan fingerprint density at radius 2 is 1.73 bits per heavy atom. The molecule has 0 saturated heterocycles. The summed E-state index contributed by atoms with van der Waals surface area (Å²) in [6, 6.07) is 21.6. The van der Waals surface area contributed by atoms with Crippen molar-refractivity contribution in [1.82, 2.24) is 15.4 Å². The minimum atomic E-state index is -3.53. The van der Waals surface area contributed by atoms with Crippen molar-refractivity contribution in [3.63, 3.8) is 0 Å². The molecular weight excluding hydrogens is 637 g/mol. The van der Waals surface area contributed by atoms with Crippen LogP contribution in [0.25, 0.3) is 26.9 Å². The van der Waals surface area contributed by atoms with E-state index in [1.807, 2.05) is 60.7 Å². The Labute approximate surface area is 283 Å². The average molecular weight is 674 g/mol. The fourth-order valence-electron chi connectivity index (χ4n) is 7.00. The molecule has 1 aliphatic carbocycles. The number of H-pyrrole nitrogens is 1. The molecule has 3 aromatic carbocycles. The zero-order valence-corrected chi connectivity index (χ0v) is 29.1. The van der Waals surface area contributed by atoms with Gasteiger partial charge in [0.05, 0.1) is 17.0 Å². The third kappa shape index (κ3) is 5.00. The van der Waals surface area contributed by atoms with E-state index in [2.05, 4.69) is 76.9 Å². The summed E-state index contributed by atoms with van der Waals surface area (Å²) >= 11 is 1.22. The number of aromatic carboxylic acids is 1. The van der Waals surface area contributed by atoms with E-state index in [0.717, 1.165) is 69.9 Å².